The summed E-state index contributed by atoms with van der Waals surface area (Å²) in [5.41, 5.74) is 0.240. The molecule has 1 amide bonds. The number of para-hydroxylation sites is 1. The van der Waals surface area contributed by atoms with Crippen LogP contribution in [-0.2, 0) is 0 Å². The highest BCUT2D eigenvalue weighted by molar-refractivity contribution is 5.93. The fraction of sp³-hybridized carbons (Fsp3) is 0.474. The summed E-state index contributed by atoms with van der Waals surface area (Å²) in [6.07, 6.45) is 2.70. The van der Waals surface area contributed by atoms with Gasteiger partial charge in [0.25, 0.3) is 5.91 Å². The Morgan fingerprint density at radius 3 is 2.60 bits per heavy atom. The largest absolute Gasteiger partial charge is 0.451 e. The highest BCUT2D eigenvalue weighted by atomic mass is 16.3. The molecule has 1 aliphatic heterocycles. The van der Waals surface area contributed by atoms with E-state index in [1.165, 1.54) is 6.07 Å². The summed E-state index contributed by atoms with van der Waals surface area (Å²) >= 11 is 0. The molecule has 0 unspecified atom stereocenters. The van der Waals surface area contributed by atoms with Crippen LogP contribution in [0.4, 0.5) is 0 Å². The minimum Gasteiger partial charge on any atom is -0.451 e. The van der Waals surface area contributed by atoms with Gasteiger partial charge in [-0.1, -0.05) is 12.1 Å². The Morgan fingerprint density at radius 2 is 1.88 bits per heavy atom. The van der Waals surface area contributed by atoms with E-state index in [4.69, 9.17) is 4.42 Å². The molecule has 0 spiro atoms. The molecule has 0 radical (unpaired) electrons. The summed E-state index contributed by atoms with van der Waals surface area (Å²) in [4.78, 5) is 28.9. The van der Waals surface area contributed by atoms with Crippen molar-refractivity contribution < 1.29 is 14.3 Å². The van der Waals surface area contributed by atoms with E-state index in [2.05, 4.69) is 4.90 Å². The van der Waals surface area contributed by atoms with Gasteiger partial charge >= 0.3 is 0 Å². The number of piperazine rings is 1. The standard InChI is InChI=1S/C19H22N2O4/c22-15-6-3-5-14(15)20-8-10-21(11-9-20)19(24)18-12-16(23)13-4-1-2-7-17(13)25-18/h1-2,4,7,12,14-15,22H,3,5-6,8-11H2/t14-,15+/m1/s1. The number of hydrogen-bond donors (Lipinski definition) is 1. The molecular formula is C19H22N2O4. The van der Waals surface area contributed by atoms with Crippen molar-refractivity contribution in [2.24, 2.45) is 0 Å². The van der Waals surface area contributed by atoms with Crippen molar-refractivity contribution in [2.75, 3.05) is 26.2 Å². The first-order valence-electron chi connectivity index (χ1n) is 8.88. The third-order valence-electron chi connectivity index (χ3n) is 5.36. The van der Waals surface area contributed by atoms with Gasteiger partial charge in [0.05, 0.1) is 11.5 Å². The number of carbonyl (C=O) groups is 1. The van der Waals surface area contributed by atoms with Gasteiger partial charge in [-0.25, -0.2) is 0 Å². The summed E-state index contributed by atoms with van der Waals surface area (Å²) in [6.45, 7) is 2.65. The van der Waals surface area contributed by atoms with Crippen LogP contribution in [0, 0.1) is 0 Å². The molecule has 2 atom stereocenters. The first-order valence-corrected chi connectivity index (χ1v) is 8.88. The summed E-state index contributed by atoms with van der Waals surface area (Å²) in [5.74, 6) is -0.146. The number of fused-ring (bicyclic) bond motifs is 1. The summed E-state index contributed by atoms with van der Waals surface area (Å²) < 4.78 is 5.66. The second kappa shape index (κ2) is 6.61. The first kappa shape index (κ1) is 16.3. The molecule has 2 aliphatic rings. The van der Waals surface area contributed by atoms with E-state index in [1.807, 2.05) is 0 Å². The van der Waals surface area contributed by atoms with E-state index in [0.717, 1.165) is 32.4 Å². The van der Waals surface area contributed by atoms with Crippen LogP contribution < -0.4 is 5.43 Å². The minimum atomic E-state index is -0.249. The molecule has 0 bridgehead atoms. The fourth-order valence-corrected chi connectivity index (χ4v) is 3.97. The maximum atomic E-state index is 12.7. The second-order valence-corrected chi connectivity index (χ2v) is 6.86. The molecule has 4 rings (SSSR count). The molecule has 2 heterocycles. The molecular weight excluding hydrogens is 320 g/mol. The average molecular weight is 342 g/mol. The number of aliphatic hydroxyl groups excluding tert-OH is 1. The van der Waals surface area contributed by atoms with E-state index in [0.29, 0.717) is 24.1 Å². The Labute approximate surface area is 145 Å². The van der Waals surface area contributed by atoms with E-state index in [9.17, 15) is 14.7 Å². The second-order valence-electron chi connectivity index (χ2n) is 6.86. The summed E-state index contributed by atoms with van der Waals surface area (Å²) in [5, 5.41) is 10.5. The van der Waals surface area contributed by atoms with Crippen LogP contribution in [0.25, 0.3) is 11.0 Å². The Balaban J connectivity index is 1.48. The lowest BCUT2D eigenvalue weighted by Crippen LogP contribution is -2.53. The van der Waals surface area contributed by atoms with Gasteiger partial charge in [0.2, 0.25) is 0 Å². The predicted octanol–water partition coefficient (Wildman–Crippen LogP) is 1.46. The molecule has 6 nitrogen and oxygen atoms in total. The SMILES string of the molecule is O=C(c1cc(=O)c2ccccc2o1)N1CCN([C@@H]2CCC[C@@H]2O)CC1. The smallest absolute Gasteiger partial charge is 0.289 e. The molecule has 1 aromatic heterocycles. The lowest BCUT2D eigenvalue weighted by Gasteiger charge is -2.38. The number of rotatable bonds is 2. The molecule has 1 aliphatic carbocycles. The van der Waals surface area contributed by atoms with Crippen molar-refractivity contribution in [3.05, 3.63) is 46.3 Å². The van der Waals surface area contributed by atoms with Gasteiger partial charge in [0.15, 0.2) is 11.2 Å². The van der Waals surface area contributed by atoms with Gasteiger partial charge in [0, 0.05) is 38.3 Å². The van der Waals surface area contributed by atoms with Crippen molar-refractivity contribution >= 4 is 16.9 Å². The predicted molar refractivity (Wildman–Crippen MR) is 93.6 cm³/mol. The zero-order valence-electron chi connectivity index (χ0n) is 14.1. The highest BCUT2D eigenvalue weighted by Gasteiger charge is 2.33. The first-order chi connectivity index (χ1) is 12.1. The van der Waals surface area contributed by atoms with Crippen LogP contribution in [0.3, 0.4) is 0 Å². The fourth-order valence-electron chi connectivity index (χ4n) is 3.97. The van der Waals surface area contributed by atoms with Crippen LogP contribution in [0.15, 0.2) is 39.5 Å². The van der Waals surface area contributed by atoms with Gasteiger partial charge < -0.3 is 14.4 Å². The highest BCUT2D eigenvalue weighted by Crippen LogP contribution is 2.25. The van der Waals surface area contributed by atoms with Crippen molar-refractivity contribution in [1.82, 2.24) is 9.80 Å². The van der Waals surface area contributed by atoms with Crippen molar-refractivity contribution in [2.45, 2.75) is 31.4 Å². The van der Waals surface area contributed by atoms with Gasteiger partial charge in [-0.05, 0) is 31.4 Å². The topological polar surface area (TPSA) is 74.0 Å². The van der Waals surface area contributed by atoms with Crippen LogP contribution >= 0.6 is 0 Å². The average Bonchev–Trinajstić information content (AvgIpc) is 3.07. The third kappa shape index (κ3) is 3.07. The lowest BCUT2D eigenvalue weighted by molar-refractivity contribution is 0.0302. The van der Waals surface area contributed by atoms with E-state index in [-0.39, 0.29) is 29.2 Å². The molecule has 1 N–H and O–H groups in total. The van der Waals surface area contributed by atoms with Crippen LogP contribution in [0.1, 0.15) is 29.8 Å². The number of carbonyl (C=O) groups excluding carboxylic acids is 1. The van der Waals surface area contributed by atoms with E-state index < -0.39 is 0 Å². The zero-order chi connectivity index (χ0) is 17.4. The normalized spacial score (nSPS) is 24.8. The van der Waals surface area contributed by atoms with Crippen molar-refractivity contribution in [3.8, 4) is 0 Å². The van der Waals surface area contributed by atoms with Gasteiger partial charge in [0.1, 0.15) is 5.58 Å². The third-order valence-corrected chi connectivity index (χ3v) is 5.36. The number of hydrogen-bond acceptors (Lipinski definition) is 5. The summed E-state index contributed by atoms with van der Waals surface area (Å²) in [6, 6.07) is 8.46. The van der Waals surface area contributed by atoms with E-state index in [1.54, 1.807) is 29.2 Å². The van der Waals surface area contributed by atoms with Crippen LogP contribution in [-0.4, -0.2) is 59.1 Å². The zero-order valence-corrected chi connectivity index (χ0v) is 14.1. The maximum Gasteiger partial charge on any atom is 0.289 e. The molecule has 2 aromatic rings. The molecule has 25 heavy (non-hydrogen) atoms. The van der Waals surface area contributed by atoms with Crippen LogP contribution in [0.5, 0.6) is 0 Å². The molecule has 1 aromatic carbocycles. The molecule has 2 fully saturated rings. The van der Waals surface area contributed by atoms with Crippen LogP contribution in [0.2, 0.25) is 0 Å². The monoisotopic (exact) mass is 342 g/mol. The number of aliphatic hydroxyl groups is 1. The Bertz CT molecular complexity index is 839. The number of nitrogens with zero attached hydrogens (tertiary/aromatic N) is 2. The molecule has 6 heteroatoms. The van der Waals surface area contributed by atoms with Crippen molar-refractivity contribution in [3.63, 3.8) is 0 Å². The van der Waals surface area contributed by atoms with Gasteiger partial charge in [-0.2, -0.15) is 0 Å². The molecule has 1 saturated carbocycles. The quantitative estimate of drug-likeness (QED) is 0.894. The Kier molecular flexibility index (Phi) is 4.31. The Morgan fingerprint density at radius 1 is 1.12 bits per heavy atom. The maximum absolute atomic E-state index is 12.7. The molecule has 1 saturated heterocycles. The van der Waals surface area contributed by atoms with Gasteiger partial charge in [-0.15, -0.1) is 0 Å². The summed E-state index contributed by atoms with van der Waals surface area (Å²) in [7, 11) is 0. The molecule has 132 valence electrons. The minimum absolute atomic E-state index is 0.0954. The van der Waals surface area contributed by atoms with E-state index >= 15 is 0 Å². The number of benzene rings is 1. The van der Waals surface area contributed by atoms with Gasteiger partial charge in [-0.3, -0.25) is 14.5 Å². The van der Waals surface area contributed by atoms with Crippen molar-refractivity contribution in [1.29, 1.82) is 0 Å². The number of amides is 1. The lowest BCUT2D eigenvalue weighted by atomic mass is 10.1. The Hall–Kier alpha value is -2.18.